The average molecular weight is 215 g/mol. The van der Waals surface area contributed by atoms with E-state index >= 15 is 0 Å². The van der Waals surface area contributed by atoms with Gasteiger partial charge in [0.25, 0.3) is 0 Å². The van der Waals surface area contributed by atoms with E-state index in [1.807, 2.05) is 0 Å². The zero-order chi connectivity index (χ0) is 11.1. The van der Waals surface area contributed by atoms with Crippen LogP contribution in [0.15, 0.2) is 4.52 Å². The molecule has 0 amide bonds. The van der Waals surface area contributed by atoms with Crippen LogP contribution < -0.4 is 5.73 Å². The van der Waals surface area contributed by atoms with Crippen LogP contribution in [0.2, 0.25) is 0 Å². The molecule has 1 heterocycles. The highest BCUT2D eigenvalue weighted by Gasteiger charge is 2.12. The molecule has 0 aliphatic heterocycles. The van der Waals surface area contributed by atoms with Gasteiger partial charge in [0.05, 0.1) is 19.1 Å². The van der Waals surface area contributed by atoms with E-state index < -0.39 is 0 Å². The van der Waals surface area contributed by atoms with Gasteiger partial charge in [0, 0.05) is 27.2 Å². The Hall–Kier alpha value is -0.980. The second kappa shape index (κ2) is 6.49. The minimum Gasteiger partial charge on any atom is -0.384 e. The number of ether oxygens (including phenoxy) is 2. The van der Waals surface area contributed by atoms with Gasteiger partial charge in [-0.25, -0.2) is 0 Å². The standard InChI is InChI=1S/C9H17N3O3/c1-13-4-3-8-11-9(15-12-8)5-7(6-10)14-2/h7H,3-6,10H2,1-2H3. The van der Waals surface area contributed by atoms with Crippen LogP contribution >= 0.6 is 0 Å². The van der Waals surface area contributed by atoms with Gasteiger partial charge in [0.15, 0.2) is 5.82 Å². The average Bonchev–Trinajstić information content (AvgIpc) is 2.70. The monoisotopic (exact) mass is 215 g/mol. The zero-order valence-corrected chi connectivity index (χ0v) is 9.10. The lowest BCUT2D eigenvalue weighted by Crippen LogP contribution is -2.24. The van der Waals surface area contributed by atoms with Crippen molar-refractivity contribution >= 4 is 0 Å². The fourth-order valence-electron chi connectivity index (χ4n) is 1.13. The number of aromatic nitrogens is 2. The highest BCUT2D eigenvalue weighted by atomic mass is 16.5. The van der Waals surface area contributed by atoms with Crippen LogP contribution in [0.1, 0.15) is 11.7 Å². The summed E-state index contributed by atoms with van der Waals surface area (Å²) >= 11 is 0. The summed E-state index contributed by atoms with van der Waals surface area (Å²) in [5, 5.41) is 3.81. The van der Waals surface area contributed by atoms with Gasteiger partial charge in [-0.3, -0.25) is 0 Å². The molecule has 0 saturated heterocycles. The van der Waals surface area contributed by atoms with Gasteiger partial charge >= 0.3 is 0 Å². The number of nitrogens with two attached hydrogens (primary N) is 1. The van der Waals surface area contributed by atoms with E-state index in [1.54, 1.807) is 14.2 Å². The molecule has 1 aromatic heterocycles. The maximum Gasteiger partial charge on any atom is 0.229 e. The van der Waals surface area contributed by atoms with Gasteiger partial charge in [-0.1, -0.05) is 5.16 Å². The van der Waals surface area contributed by atoms with Crippen molar-refractivity contribution in [2.75, 3.05) is 27.4 Å². The van der Waals surface area contributed by atoms with Gasteiger partial charge in [0.1, 0.15) is 0 Å². The van der Waals surface area contributed by atoms with Crippen molar-refractivity contribution in [3.63, 3.8) is 0 Å². The quantitative estimate of drug-likeness (QED) is 0.676. The molecule has 2 N–H and O–H groups in total. The van der Waals surface area contributed by atoms with Crippen LogP contribution in [-0.2, 0) is 22.3 Å². The first kappa shape index (κ1) is 12.1. The lowest BCUT2D eigenvalue weighted by atomic mass is 10.2. The molecule has 1 atom stereocenters. The summed E-state index contributed by atoms with van der Waals surface area (Å²) in [5.74, 6) is 1.21. The summed E-state index contributed by atoms with van der Waals surface area (Å²) in [5.41, 5.74) is 5.48. The minimum absolute atomic E-state index is 0.0688. The number of hydrogen-bond acceptors (Lipinski definition) is 6. The molecule has 0 spiro atoms. The number of rotatable bonds is 7. The summed E-state index contributed by atoms with van der Waals surface area (Å²) in [6, 6.07) is 0. The van der Waals surface area contributed by atoms with Crippen molar-refractivity contribution in [2.24, 2.45) is 5.73 Å². The summed E-state index contributed by atoms with van der Waals surface area (Å²) in [4.78, 5) is 4.19. The maximum absolute atomic E-state index is 5.48. The van der Waals surface area contributed by atoms with Gasteiger partial charge in [0.2, 0.25) is 5.89 Å². The molecule has 1 rings (SSSR count). The van der Waals surface area contributed by atoms with E-state index in [1.165, 1.54) is 0 Å². The smallest absolute Gasteiger partial charge is 0.229 e. The molecule has 6 nitrogen and oxygen atoms in total. The fourth-order valence-corrected chi connectivity index (χ4v) is 1.13. The molecule has 0 aliphatic carbocycles. The van der Waals surface area contributed by atoms with Crippen molar-refractivity contribution in [3.8, 4) is 0 Å². The predicted molar refractivity (Wildman–Crippen MR) is 53.4 cm³/mol. The second-order valence-electron chi connectivity index (χ2n) is 3.14. The van der Waals surface area contributed by atoms with Crippen molar-refractivity contribution in [3.05, 3.63) is 11.7 Å². The Labute approximate surface area is 88.7 Å². The van der Waals surface area contributed by atoms with E-state index in [2.05, 4.69) is 10.1 Å². The van der Waals surface area contributed by atoms with E-state index in [4.69, 9.17) is 19.7 Å². The molecule has 0 aliphatic rings. The third-order valence-electron chi connectivity index (χ3n) is 2.04. The SMILES string of the molecule is COCCc1noc(CC(CN)OC)n1. The Morgan fingerprint density at radius 3 is 2.87 bits per heavy atom. The number of nitrogens with zero attached hydrogens (tertiary/aromatic N) is 2. The van der Waals surface area contributed by atoms with Crippen LogP contribution in [0.3, 0.4) is 0 Å². The Kier molecular flexibility index (Phi) is 5.23. The van der Waals surface area contributed by atoms with Gasteiger partial charge < -0.3 is 19.7 Å². The third-order valence-corrected chi connectivity index (χ3v) is 2.04. The molecular formula is C9H17N3O3. The lowest BCUT2D eigenvalue weighted by molar-refractivity contribution is 0.102. The van der Waals surface area contributed by atoms with Crippen LogP contribution in [0.5, 0.6) is 0 Å². The van der Waals surface area contributed by atoms with Crippen molar-refractivity contribution in [2.45, 2.75) is 18.9 Å². The molecule has 86 valence electrons. The summed E-state index contributed by atoms with van der Waals surface area (Å²) in [6.45, 7) is 1.02. The molecule has 0 aromatic carbocycles. The second-order valence-corrected chi connectivity index (χ2v) is 3.14. The van der Waals surface area contributed by atoms with Crippen LogP contribution in [-0.4, -0.2) is 43.6 Å². The Morgan fingerprint density at radius 2 is 2.27 bits per heavy atom. The van der Waals surface area contributed by atoms with Gasteiger partial charge in [-0.2, -0.15) is 4.98 Å². The van der Waals surface area contributed by atoms with E-state index in [9.17, 15) is 0 Å². The van der Waals surface area contributed by atoms with E-state index in [-0.39, 0.29) is 6.10 Å². The first-order valence-electron chi connectivity index (χ1n) is 4.83. The van der Waals surface area contributed by atoms with Crippen molar-refractivity contribution < 1.29 is 14.0 Å². The summed E-state index contributed by atoms with van der Waals surface area (Å²) < 4.78 is 15.1. The molecule has 0 radical (unpaired) electrons. The largest absolute Gasteiger partial charge is 0.384 e. The van der Waals surface area contributed by atoms with Crippen LogP contribution in [0, 0.1) is 0 Å². The van der Waals surface area contributed by atoms with Gasteiger partial charge in [-0.15, -0.1) is 0 Å². The van der Waals surface area contributed by atoms with E-state index in [0.29, 0.717) is 37.7 Å². The van der Waals surface area contributed by atoms with Crippen molar-refractivity contribution in [1.29, 1.82) is 0 Å². The third kappa shape index (κ3) is 3.94. The molecule has 0 bridgehead atoms. The maximum atomic E-state index is 5.48. The molecule has 1 aromatic rings. The van der Waals surface area contributed by atoms with Gasteiger partial charge in [-0.05, 0) is 0 Å². The molecular weight excluding hydrogens is 198 g/mol. The highest BCUT2D eigenvalue weighted by molar-refractivity contribution is 4.88. The topological polar surface area (TPSA) is 83.4 Å². The predicted octanol–water partition coefficient (Wildman–Crippen LogP) is -0.225. The number of hydrogen-bond donors (Lipinski definition) is 1. The highest BCUT2D eigenvalue weighted by Crippen LogP contribution is 2.03. The Balaban J connectivity index is 2.44. The molecule has 15 heavy (non-hydrogen) atoms. The molecule has 0 fully saturated rings. The van der Waals surface area contributed by atoms with Crippen LogP contribution in [0.25, 0.3) is 0 Å². The lowest BCUT2D eigenvalue weighted by Gasteiger charge is -2.08. The van der Waals surface area contributed by atoms with Crippen LogP contribution in [0.4, 0.5) is 0 Å². The summed E-state index contributed by atoms with van der Waals surface area (Å²) in [6.07, 6.45) is 1.13. The number of methoxy groups -OCH3 is 2. The molecule has 1 unspecified atom stereocenters. The first-order chi connectivity index (χ1) is 7.30. The summed E-state index contributed by atoms with van der Waals surface area (Å²) in [7, 11) is 3.25. The Morgan fingerprint density at radius 1 is 1.47 bits per heavy atom. The zero-order valence-electron chi connectivity index (χ0n) is 9.10. The minimum atomic E-state index is -0.0688. The normalized spacial score (nSPS) is 13.0. The molecule has 0 saturated carbocycles. The molecule has 6 heteroatoms. The van der Waals surface area contributed by atoms with E-state index in [0.717, 1.165) is 0 Å². The fraction of sp³-hybridized carbons (Fsp3) is 0.778. The first-order valence-corrected chi connectivity index (χ1v) is 4.83. The Bertz CT molecular complexity index is 273. The van der Waals surface area contributed by atoms with Crippen molar-refractivity contribution in [1.82, 2.24) is 10.1 Å².